The molecule has 6 aromatic carbocycles. The maximum Gasteiger partial charge on any atom is 0.410 e. The molecule has 4 N–H and O–H groups in total. The Kier molecular flexibility index (Phi) is 25.5. The summed E-state index contributed by atoms with van der Waals surface area (Å²) in [5.41, 5.74) is 2.30. The molecule has 20 atom stereocenters. The Labute approximate surface area is 563 Å². The van der Waals surface area contributed by atoms with Gasteiger partial charge in [-0.3, -0.25) is 0 Å². The highest BCUT2D eigenvalue weighted by Gasteiger charge is 2.57. The average molecular weight is 1340 g/mol. The third kappa shape index (κ3) is 17.8. The zero-order valence-corrected chi connectivity index (χ0v) is 54.6. The second kappa shape index (κ2) is 34.5. The van der Waals surface area contributed by atoms with E-state index < -0.39 is 165 Å². The fourth-order valence-corrected chi connectivity index (χ4v) is 12.5. The largest absolute Gasteiger partial charge is 0.453 e. The standard InChI is InChI=1S/C74H85NO22/c1-6-53-59(45(4)62(92-67(81)50-32-20-11-21-33-50)70(87-53)85-39-38-75(40-47-26-14-8-15-27-47)74(84)86-43-48-28-16-9-17-29-48)96-73-65(94-69(83)52-36-24-13-25-37-52)64(58(79)56(42-77)90-73)97-72-63(93-68(82)51-34-22-12-23-35-51)46(5)60(54(7-2)88-72)95-71-61(44(3)57(78)55(41-76)89-71)91-66(80)49-30-18-10-19-31-49/h8-37,44-46,53-65,70-73,76-79H,6-7,38-43H2,1-5H3/t44-,45-,46-,53?,54?,55?,56?,57-,58+,59-,60-,61?,62?,63?,64-,65?,70+,71-,72-,73-/m0/s1. The summed E-state index contributed by atoms with van der Waals surface area (Å²) >= 11 is 0. The molecule has 6 aromatic rings. The Bertz CT molecular complexity index is 3430. The van der Waals surface area contributed by atoms with E-state index in [1.54, 1.807) is 137 Å². The molecule has 4 aliphatic rings. The maximum absolute atomic E-state index is 14.5. The Morgan fingerprint density at radius 3 is 1.16 bits per heavy atom. The van der Waals surface area contributed by atoms with Crippen molar-refractivity contribution in [3.05, 3.63) is 215 Å². The van der Waals surface area contributed by atoms with Crippen LogP contribution in [0.4, 0.5) is 4.79 Å². The first-order valence-electron chi connectivity index (χ1n) is 32.9. The minimum absolute atomic E-state index is 0.0169. The number of aliphatic hydroxyl groups excluding tert-OH is 4. The number of ether oxygens (including phenoxy) is 13. The van der Waals surface area contributed by atoms with Crippen LogP contribution < -0.4 is 0 Å². The molecule has 23 nitrogen and oxygen atoms in total. The summed E-state index contributed by atoms with van der Waals surface area (Å²) in [6.45, 7) is 7.36. The van der Waals surface area contributed by atoms with Crippen LogP contribution in [0.5, 0.6) is 0 Å². The minimum Gasteiger partial charge on any atom is -0.453 e. The number of carbonyl (C=O) groups is 5. The van der Waals surface area contributed by atoms with Gasteiger partial charge in [-0.2, -0.15) is 0 Å². The predicted molar refractivity (Wildman–Crippen MR) is 346 cm³/mol. The molecule has 23 heteroatoms. The lowest BCUT2D eigenvalue weighted by Gasteiger charge is -2.51. The first-order chi connectivity index (χ1) is 47.1. The van der Waals surface area contributed by atoms with Crippen LogP contribution in [-0.4, -0.2) is 186 Å². The summed E-state index contributed by atoms with van der Waals surface area (Å²) in [5, 5.41) is 45.4. The molecule has 0 aromatic heterocycles. The molecule has 0 radical (unpaired) electrons. The molecule has 0 aliphatic carbocycles. The number of esters is 4. The van der Waals surface area contributed by atoms with Gasteiger partial charge in [-0.25, -0.2) is 24.0 Å². The SMILES string of the molecule is CCC1O[C@@H](O[C@@H]2C(OC(=O)c3ccccc3)[C@H](O[C@@H]3C(CC)O[C@@H](OCCN(Cc4ccccc4)C(=O)OCc4ccccc4)C(OC(=O)c4ccccc4)[C@H]3C)OC(CO)[C@H]2O)C(OC(=O)c2ccccc2)[C@@H](C)[C@@H]1O[C@@H]1OC(CO)[C@@H](O)[C@H](C)C1OC(=O)c1ccccc1. The topological polar surface area (TPSA) is 289 Å². The van der Waals surface area contributed by atoms with Crippen molar-refractivity contribution in [1.82, 2.24) is 4.90 Å². The normalized spacial score (nSPS) is 30.2. The quantitative estimate of drug-likeness (QED) is 0.0294. The molecule has 4 fully saturated rings. The van der Waals surface area contributed by atoms with Crippen molar-refractivity contribution in [3.8, 4) is 0 Å². The van der Waals surface area contributed by atoms with Gasteiger partial charge >= 0.3 is 30.0 Å². The van der Waals surface area contributed by atoms with Gasteiger partial charge in [-0.15, -0.1) is 0 Å². The second-order valence-corrected chi connectivity index (χ2v) is 24.5. The van der Waals surface area contributed by atoms with Gasteiger partial charge in [0.25, 0.3) is 0 Å². The summed E-state index contributed by atoms with van der Waals surface area (Å²) in [7, 11) is 0. The summed E-state index contributed by atoms with van der Waals surface area (Å²) in [4.78, 5) is 72.2. The summed E-state index contributed by atoms with van der Waals surface area (Å²) in [6.07, 6.45) is -23.5. The summed E-state index contributed by atoms with van der Waals surface area (Å²) < 4.78 is 84.4. The van der Waals surface area contributed by atoms with Crippen molar-refractivity contribution in [2.24, 2.45) is 17.8 Å². The van der Waals surface area contributed by atoms with Crippen LogP contribution in [0.25, 0.3) is 0 Å². The van der Waals surface area contributed by atoms with E-state index in [9.17, 15) is 44.4 Å². The van der Waals surface area contributed by atoms with E-state index in [1.165, 1.54) is 17.0 Å². The summed E-state index contributed by atoms with van der Waals surface area (Å²) in [5.74, 6) is -5.79. The lowest BCUT2D eigenvalue weighted by Crippen LogP contribution is -2.66. The van der Waals surface area contributed by atoms with Gasteiger partial charge < -0.3 is 86.9 Å². The molecule has 0 saturated carbocycles. The van der Waals surface area contributed by atoms with Gasteiger partial charge in [0, 0.05) is 30.8 Å². The van der Waals surface area contributed by atoms with E-state index >= 15 is 0 Å². The molecule has 1 amide bonds. The average Bonchev–Trinajstić information content (AvgIpc) is 0.785. The van der Waals surface area contributed by atoms with Gasteiger partial charge in [0.05, 0.1) is 72.6 Å². The summed E-state index contributed by atoms with van der Waals surface area (Å²) in [6, 6.07) is 51.2. The van der Waals surface area contributed by atoms with Crippen LogP contribution in [-0.2, 0) is 74.7 Å². The Morgan fingerprint density at radius 1 is 0.402 bits per heavy atom. The Morgan fingerprint density at radius 2 is 0.742 bits per heavy atom. The van der Waals surface area contributed by atoms with E-state index in [0.717, 1.165) is 11.1 Å². The molecule has 8 unspecified atom stereocenters. The van der Waals surface area contributed by atoms with Gasteiger partial charge in [0.1, 0.15) is 31.0 Å². The first kappa shape index (κ1) is 71.8. The number of aliphatic hydroxyl groups is 4. The van der Waals surface area contributed by atoms with Gasteiger partial charge in [-0.05, 0) is 72.5 Å². The van der Waals surface area contributed by atoms with Crippen LogP contribution in [0.2, 0.25) is 0 Å². The number of hydrogen-bond acceptors (Lipinski definition) is 22. The second-order valence-electron chi connectivity index (χ2n) is 24.5. The van der Waals surface area contributed by atoms with Crippen LogP contribution >= 0.6 is 0 Å². The molecule has 4 heterocycles. The molecule has 0 spiro atoms. The maximum atomic E-state index is 14.5. The predicted octanol–water partition coefficient (Wildman–Crippen LogP) is 8.23. The lowest BCUT2D eigenvalue weighted by molar-refractivity contribution is -0.380. The number of rotatable bonds is 26. The van der Waals surface area contributed by atoms with Gasteiger partial charge in [-0.1, -0.05) is 168 Å². The molecular formula is C74H85NO22. The zero-order chi connectivity index (χ0) is 68.5. The fraction of sp³-hybridized carbons (Fsp3) is 0.446. The third-order valence-electron chi connectivity index (χ3n) is 18.0. The lowest BCUT2D eigenvalue weighted by atomic mass is 9.87. The van der Waals surface area contributed by atoms with Gasteiger partial charge in [0.2, 0.25) is 0 Å². The monoisotopic (exact) mass is 1340 g/mol. The Hall–Kier alpha value is -8.01. The number of carbonyl (C=O) groups excluding carboxylic acids is 5. The van der Waals surface area contributed by atoms with E-state index in [-0.39, 0.29) is 61.4 Å². The highest BCUT2D eigenvalue weighted by molar-refractivity contribution is 5.91. The zero-order valence-electron chi connectivity index (χ0n) is 54.6. The molecule has 0 bridgehead atoms. The van der Waals surface area contributed by atoms with Crippen molar-refractivity contribution in [2.45, 2.75) is 165 Å². The molecule has 97 heavy (non-hydrogen) atoms. The van der Waals surface area contributed by atoms with E-state index in [1.807, 2.05) is 67.6 Å². The van der Waals surface area contributed by atoms with Crippen LogP contribution in [0.1, 0.15) is 100 Å². The molecule has 4 aliphatic heterocycles. The van der Waals surface area contributed by atoms with E-state index in [4.69, 9.17) is 61.6 Å². The number of benzene rings is 6. The Balaban J connectivity index is 0.955. The van der Waals surface area contributed by atoms with Crippen LogP contribution in [0, 0.1) is 17.8 Å². The molecule has 4 saturated heterocycles. The molecule has 518 valence electrons. The van der Waals surface area contributed by atoms with Crippen molar-refractivity contribution >= 4 is 30.0 Å². The number of amides is 1. The van der Waals surface area contributed by atoms with Gasteiger partial charge in [0.15, 0.2) is 49.6 Å². The highest BCUT2D eigenvalue weighted by Crippen LogP contribution is 2.42. The number of hydrogen-bond donors (Lipinski definition) is 4. The van der Waals surface area contributed by atoms with Crippen molar-refractivity contribution in [3.63, 3.8) is 0 Å². The van der Waals surface area contributed by atoms with Crippen LogP contribution in [0.3, 0.4) is 0 Å². The fourth-order valence-electron chi connectivity index (χ4n) is 12.5. The van der Waals surface area contributed by atoms with E-state index in [0.29, 0.717) is 0 Å². The smallest absolute Gasteiger partial charge is 0.410 e. The first-order valence-corrected chi connectivity index (χ1v) is 32.9. The van der Waals surface area contributed by atoms with Crippen molar-refractivity contribution in [1.29, 1.82) is 0 Å². The van der Waals surface area contributed by atoms with Crippen molar-refractivity contribution in [2.75, 3.05) is 26.4 Å². The minimum atomic E-state index is -1.83. The molecule has 10 rings (SSSR count). The third-order valence-corrected chi connectivity index (χ3v) is 18.0. The van der Waals surface area contributed by atoms with Crippen LogP contribution in [0.15, 0.2) is 182 Å². The van der Waals surface area contributed by atoms with E-state index in [2.05, 4.69) is 0 Å². The highest BCUT2D eigenvalue weighted by atomic mass is 16.8. The van der Waals surface area contributed by atoms with Crippen molar-refractivity contribution < 1.29 is 106 Å². The number of nitrogens with zero attached hydrogens (tertiary/aromatic N) is 1. The molecular weight excluding hydrogens is 1250 g/mol.